The first-order valence-corrected chi connectivity index (χ1v) is 8.51. The molecule has 0 spiro atoms. The summed E-state index contributed by atoms with van der Waals surface area (Å²) in [7, 11) is 0. The lowest BCUT2D eigenvalue weighted by Crippen LogP contribution is -2.30. The quantitative estimate of drug-likeness (QED) is 0.513. The molecule has 2 aromatic heterocycles. The normalized spacial score (nSPS) is 14.3. The van der Waals surface area contributed by atoms with Crippen LogP contribution in [0.5, 0.6) is 0 Å². The van der Waals surface area contributed by atoms with Crippen molar-refractivity contribution in [1.82, 2.24) is 14.5 Å². The fourth-order valence-electron chi connectivity index (χ4n) is 3.35. The average molecular weight is 377 g/mol. The Morgan fingerprint density at radius 2 is 1.63 bits per heavy atom. The SMILES string of the molecule is O=C(Cn1cc(F)c2ncc(-c3cc(F)c(F)c(F)c3)cc21)N1CCCC1. The molecule has 1 aromatic carbocycles. The molecule has 0 unspecified atom stereocenters. The van der Waals surface area contributed by atoms with Gasteiger partial charge in [0.1, 0.15) is 12.1 Å². The van der Waals surface area contributed by atoms with Crippen LogP contribution in [-0.2, 0) is 11.3 Å². The Labute approximate surface area is 152 Å². The number of benzene rings is 1. The van der Waals surface area contributed by atoms with E-state index in [1.807, 2.05) is 0 Å². The lowest BCUT2D eigenvalue weighted by Gasteiger charge is -2.16. The van der Waals surface area contributed by atoms with E-state index < -0.39 is 23.3 Å². The molecule has 3 aromatic rings. The molecule has 1 amide bonds. The number of rotatable bonds is 3. The van der Waals surface area contributed by atoms with Crippen LogP contribution in [0.4, 0.5) is 17.6 Å². The highest BCUT2D eigenvalue weighted by molar-refractivity contribution is 5.84. The first kappa shape index (κ1) is 17.5. The average Bonchev–Trinajstić information content (AvgIpc) is 3.28. The monoisotopic (exact) mass is 377 g/mol. The topological polar surface area (TPSA) is 38.1 Å². The van der Waals surface area contributed by atoms with Crippen LogP contribution >= 0.6 is 0 Å². The van der Waals surface area contributed by atoms with E-state index in [0.717, 1.165) is 25.0 Å². The van der Waals surface area contributed by atoms with E-state index in [4.69, 9.17) is 0 Å². The number of fused-ring (bicyclic) bond motifs is 1. The lowest BCUT2D eigenvalue weighted by molar-refractivity contribution is -0.130. The molecule has 1 aliphatic heterocycles. The summed E-state index contributed by atoms with van der Waals surface area (Å²) in [5.41, 5.74) is 0.729. The minimum atomic E-state index is -1.56. The molecule has 0 saturated carbocycles. The predicted molar refractivity (Wildman–Crippen MR) is 90.8 cm³/mol. The standard InChI is InChI=1S/C19H15F4N3O/c20-13-5-11(6-14(21)18(13)23)12-7-16-19(24-8-12)15(22)9-26(16)10-17(27)25-3-1-2-4-25/h5-9H,1-4,10H2. The van der Waals surface area contributed by atoms with E-state index in [0.29, 0.717) is 18.6 Å². The fourth-order valence-corrected chi connectivity index (χ4v) is 3.35. The second kappa shape index (κ2) is 6.68. The first-order chi connectivity index (χ1) is 12.9. The van der Waals surface area contributed by atoms with Gasteiger partial charge in [-0.15, -0.1) is 0 Å². The van der Waals surface area contributed by atoms with Crippen LogP contribution in [0.25, 0.3) is 22.2 Å². The van der Waals surface area contributed by atoms with Crippen molar-refractivity contribution >= 4 is 16.9 Å². The van der Waals surface area contributed by atoms with Gasteiger partial charge < -0.3 is 9.47 Å². The van der Waals surface area contributed by atoms with Crippen molar-refractivity contribution in [2.45, 2.75) is 19.4 Å². The minimum absolute atomic E-state index is 0.0519. The maximum Gasteiger partial charge on any atom is 0.242 e. The third-order valence-electron chi connectivity index (χ3n) is 4.75. The summed E-state index contributed by atoms with van der Waals surface area (Å²) < 4.78 is 55.8. The zero-order valence-corrected chi connectivity index (χ0v) is 14.2. The van der Waals surface area contributed by atoms with Gasteiger partial charge in [-0.05, 0) is 36.6 Å². The molecule has 0 N–H and O–H groups in total. The number of likely N-dealkylation sites (tertiary alicyclic amines) is 1. The molecule has 27 heavy (non-hydrogen) atoms. The van der Waals surface area contributed by atoms with E-state index in [2.05, 4.69) is 4.98 Å². The van der Waals surface area contributed by atoms with Crippen LogP contribution in [0.2, 0.25) is 0 Å². The largest absolute Gasteiger partial charge is 0.341 e. The van der Waals surface area contributed by atoms with Gasteiger partial charge in [0, 0.05) is 31.0 Å². The molecule has 1 saturated heterocycles. The van der Waals surface area contributed by atoms with Gasteiger partial charge in [-0.25, -0.2) is 17.6 Å². The molecule has 140 valence electrons. The van der Waals surface area contributed by atoms with Gasteiger partial charge in [-0.1, -0.05) is 0 Å². The number of halogens is 4. The van der Waals surface area contributed by atoms with Crippen LogP contribution in [-0.4, -0.2) is 33.4 Å². The molecule has 0 aliphatic carbocycles. The molecule has 4 rings (SSSR count). The number of carbonyl (C=O) groups excluding carboxylic acids is 1. The maximum absolute atomic E-state index is 14.2. The number of carbonyl (C=O) groups is 1. The second-order valence-electron chi connectivity index (χ2n) is 6.54. The highest BCUT2D eigenvalue weighted by Crippen LogP contribution is 2.27. The summed E-state index contributed by atoms with van der Waals surface area (Å²) in [4.78, 5) is 18.1. The number of aromatic nitrogens is 2. The number of nitrogens with zero attached hydrogens (tertiary/aromatic N) is 3. The van der Waals surface area contributed by atoms with Crippen LogP contribution in [0.1, 0.15) is 12.8 Å². The van der Waals surface area contributed by atoms with Gasteiger partial charge in [0.25, 0.3) is 0 Å². The van der Waals surface area contributed by atoms with E-state index in [-0.39, 0.29) is 29.1 Å². The maximum atomic E-state index is 14.2. The fraction of sp³-hybridized carbons (Fsp3) is 0.263. The molecular formula is C19H15F4N3O. The highest BCUT2D eigenvalue weighted by Gasteiger charge is 2.20. The number of hydrogen-bond donors (Lipinski definition) is 0. The van der Waals surface area contributed by atoms with Crippen molar-refractivity contribution in [2.24, 2.45) is 0 Å². The third kappa shape index (κ3) is 3.15. The summed E-state index contributed by atoms with van der Waals surface area (Å²) in [6, 6.07) is 3.18. The summed E-state index contributed by atoms with van der Waals surface area (Å²) in [6.45, 7) is 1.30. The van der Waals surface area contributed by atoms with E-state index in [9.17, 15) is 22.4 Å². The zero-order valence-electron chi connectivity index (χ0n) is 14.2. The van der Waals surface area contributed by atoms with Crippen molar-refractivity contribution in [2.75, 3.05) is 13.1 Å². The van der Waals surface area contributed by atoms with Crippen molar-refractivity contribution in [3.8, 4) is 11.1 Å². The Kier molecular flexibility index (Phi) is 4.33. The van der Waals surface area contributed by atoms with Gasteiger partial charge in [0.2, 0.25) is 5.91 Å². The van der Waals surface area contributed by atoms with Crippen LogP contribution < -0.4 is 0 Å². The summed E-state index contributed by atoms with van der Waals surface area (Å²) in [5.74, 6) is -4.93. The van der Waals surface area contributed by atoms with Gasteiger partial charge in [0.15, 0.2) is 23.3 Å². The molecule has 0 atom stereocenters. The van der Waals surface area contributed by atoms with Gasteiger partial charge >= 0.3 is 0 Å². The van der Waals surface area contributed by atoms with E-state index in [1.54, 1.807) is 4.90 Å². The van der Waals surface area contributed by atoms with Crippen molar-refractivity contribution in [1.29, 1.82) is 0 Å². The zero-order chi connectivity index (χ0) is 19.1. The molecule has 8 heteroatoms. The summed E-state index contributed by atoms with van der Waals surface area (Å²) >= 11 is 0. The molecular weight excluding hydrogens is 362 g/mol. The Bertz CT molecular complexity index is 1020. The summed E-state index contributed by atoms with van der Waals surface area (Å²) in [6.07, 6.45) is 4.32. The van der Waals surface area contributed by atoms with Crippen LogP contribution in [0.3, 0.4) is 0 Å². The first-order valence-electron chi connectivity index (χ1n) is 8.51. The highest BCUT2D eigenvalue weighted by atomic mass is 19.2. The lowest BCUT2D eigenvalue weighted by atomic mass is 10.1. The molecule has 4 nitrogen and oxygen atoms in total. The third-order valence-corrected chi connectivity index (χ3v) is 4.75. The van der Waals surface area contributed by atoms with Gasteiger partial charge in [-0.2, -0.15) is 0 Å². The minimum Gasteiger partial charge on any atom is -0.341 e. The van der Waals surface area contributed by atoms with Crippen LogP contribution in [0, 0.1) is 23.3 Å². The van der Waals surface area contributed by atoms with E-state index >= 15 is 0 Å². The Balaban J connectivity index is 1.74. The number of pyridine rings is 1. The summed E-state index contributed by atoms with van der Waals surface area (Å²) in [5, 5.41) is 0. The second-order valence-corrected chi connectivity index (χ2v) is 6.54. The number of amides is 1. The van der Waals surface area contributed by atoms with Crippen LogP contribution in [0.15, 0.2) is 30.6 Å². The Hall–Kier alpha value is -2.90. The number of hydrogen-bond acceptors (Lipinski definition) is 2. The van der Waals surface area contributed by atoms with Crippen molar-refractivity contribution < 1.29 is 22.4 Å². The molecule has 0 radical (unpaired) electrons. The smallest absolute Gasteiger partial charge is 0.242 e. The van der Waals surface area contributed by atoms with E-state index in [1.165, 1.54) is 23.0 Å². The predicted octanol–water partition coefficient (Wildman–Crippen LogP) is 3.88. The van der Waals surface area contributed by atoms with Gasteiger partial charge in [0.05, 0.1) is 5.52 Å². The van der Waals surface area contributed by atoms with Gasteiger partial charge in [-0.3, -0.25) is 9.78 Å². The van der Waals surface area contributed by atoms with Crippen molar-refractivity contribution in [3.63, 3.8) is 0 Å². The molecule has 1 fully saturated rings. The Morgan fingerprint density at radius 1 is 0.963 bits per heavy atom. The Morgan fingerprint density at radius 3 is 2.30 bits per heavy atom. The van der Waals surface area contributed by atoms with Crippen molar-refractivity contribution in [3.05, 3.63) is 53.9 Å². The molecule has 3 heterocycles. The molecule has 0 bridgehead atoms. The molecule has 1 aliphatic rings.